The highest BCUT2D eigenvalue weighted by Crippen LogP contribution is 2.23. The molecule has 6 aromatic rings. The molecule has 32 heavy (non-hydrogen) atoms. The SMILES string of the molecule is O=c1c(-c2ccnn2-c2ccccc2)nn(-c2ccc(-n3cccn3)cc2)c2ccoc12. The van der Waals surface area contributed by atoms with Gasteiger partial charge in [0, 0.05) is 18.5 Å². The summed E-state index contributed by atoms with van der Waals surface area (Å²) in [6, 6.07) is 22.8. The van der Waals surface area contributed by atoms with Crippen molar-refractivity contribution in [2.45, 2.75) is 0 Å². The van der Waals surface area contributed by atoms with Gasteiger partial charge in [0.05, 0.1) is 35.2 Å². The van der Waals surface area contributed by atoms with Crippen molar-refractivity contribution in [3.63, 3.8) is 0 Å². The van der Waals surface area contributed by atoms with E-state index in [4.69, 9.17) is 9.52 Å². The highest BCUT2D eigenvalue weighted by molar-refractivity contribution is 5.78. The van der Waals surface area contributed by atoms with E-state index in [0.717, 1.165) is 17.1 Å². The molecule has 4 heterocycles. The summed E-state index contributed by atoms with van der Waals surface area (Å²) in [6.07, 6.45) is 6.76. The van der Waals surface area contributed by atoms with Crippen molar-refractivity contribution in [2.75, 3.05) is 0 Å². The van der Waals surface area contributed by atoms with Gasteiger partial charge in [0.25, 0.3) is 5.43 Å². The van der Waals surface area contributed by atoms with Gasteiger partial charge < -0.3 is 4.42 Å². The fourth-order valence-corrected chi connectivity index (χ4v) is 3.74. The second kappa shape index (κ2) is 7.21. The Morgan fingerprint density at radius 3 is 2.28 bits per heavy atom. The molecule has 0 N–H and O–H groups in total. The average Bonchev–Trinajstić information content (AvgIpc) is 3.62. The summed E-state index contributed by atoms with van der Waals surface area (Å²) in [4.78, 5) is 13.2. The Morgan fingerprint density at radius 1 is 0.719 bits per heavy atom. The van der Waals surface area contributed by atoms with Crippen LogP contribution in [0.3, 0.4) is 0 Å². The molecule has 6 rings (SSSR count). The third-order valence-corrected chi connectivity index (χ3v) is 5.24. The number of furan rings is 1. The summed E-state index contributed by atoms with van der Waals surface area (Å²) in [5.74, 6) is 0. The molecule has 0 saturated heterocycles. The lowest BCUT2D eigenvalue weighted by Gasteiger charge is -2.11. The minimum absolute atomic E-state index is 0.243. The topological polar surface area (TPSA) is 83.7 Å². The molecular weight excluding hydrogens is 404 g/mol. The molecule has 4 aromatic heterocycles. The summed E-state index contributed by atoms with van der Waals surface area (Å²) >= 11 is 0. The predicted molar refractivity (Wildman–Crippen MR) is 119 cm³/mol. The molecule has 0 saturated carbocycles. The Bertz CT molecular complexity index is 1580. The fraction of sp³-hybridized carbons (Fsp3) is 0. The number of aromatic nitrogens is 6. The zero-order valence-electron chi connectivity index (χ0n) is 16.7. The average molecular weight is 420 g/mol. The second-order valence-corrected chi connectivity index (χ2v) is 7.16. The van der Waals surface area contributed by atoms with Crippen LogP contribution in [0.4, 0.5) is 0 Å². The third kappa shape index (κ3) is 2.85. The highest BCUT2D eigenvalue weighted by atomic mass is 16.3. The Labute approximate surface area is 181 Å². The number of rotatable bonds is 4. The number of hydrogen-bond donors (Lipinski definition) is 0. The number of benzene rings is 2. The van der Waals surface area contributed by atoms with Crippen LogP contribution in [0.15, 0.2) is 107 Å². The van der Waals surface area contributed by atoms with Crippen molar-refractivity contribution >= 4 is 11.1 Å². The lowest BCUT2D eigenvalue weighted by Crippen LogP contribution is -2.16. The molecule has 0 aliphatic carbocycles. The summed E-state index contributed by atoms with van der Waals surface area (Å²) in [6.45, 7) is 0. The van der Waals surface area contributed by atoms with Crippen LogP contribution < -0.4 is 5.43 Å². The first-order valence-corrected chi connectivity index (χ1v) is 10.0. The Kier molecular flexibility index (Phi) is 4.07. The molecule has 0 fully saturated rings. The summed E-state index contributed by atoms with van der Waals surface area (Å²) in [7, 11) is 0. The van der Waals surface area contributed by atoms with Crippen LogP contribution >= 0.6 is 0 Å². The van der Waals surface area contributed by atoms with Gasteiger partial charge in [-0.05, 0) is 48.5 Å². The van der Waals surface area contributed by atoms with Gasteiger partial charge in [-0.15, -0.1) is 0 Å². The lowest BCUT2D eigenvalue weighted by molar-refractivity contribution is 0.610. The maximum atomic E-state index is 13.2. The summed E-state index contributed by atoms with van der Waals surface area (Å²) in [5, 5.41) is 13.4. The minimum Gasteiger partial charge on any atom is -0.458 e. The molecule has 0 spiro atoms. The van der Waals surface area contributed by atoms with E-state index in [2.05, 4.69) is 10.2 Å². The maximum Gasteiger partial charge on any atom is 0.252 e. The van der Waals surface area contributed by atoms with E-state index < -0.39 is 0 Å². The molecule has 0 unspecified atom stereocenters. The molecule has 0 amide bonds. The van der Waals surface area contributed by atoms with Gasteiger partial charge in [0.1, 0.15) is 5.52 Å². The molecule has 0 aliphatic heterocycles. The summed E-state index contributed by atoms with van der Waals surface area (Å²) in [5.41, 5.74) is 3.94. The standard InChI is InChI=1S/C24H16N6O2/c31-23-22(20-11-14-26-29(20)18-5-2-1-3-6-18)27-30(21-12-16-32-24(21)23)19-9-7-17(8-10-19)28-15-4-13-25-28/h1-16H. The van der Waals surface area contributed by atoms with Crippen LogP contribution in [0.5, 0.6) is 0 Å². The molecule has 2 aromatic carbocycles. The zero-order valence-corrected chi connectivity index (χ0v) is 16.7. The van der Waals surface area contributed by atoms with Crippen molar-refractivity contribution in [1.82, 2.24) is 29.3 Å². The smallest absolute Gasteiger partial charge is 0.252 e. The molecule has 0 bridgehead atoms. The number of nitrogens with zero attached hydrogens (tertiary/aromatic N) is 6. The van der Waals surface area contributed by atoms with Gasteiger partial charge in [-0.1, -0.05) is 18.2 Å². The molecule has 0 radical (unpaired) electrons. The van der Waals surface area contributed by atoms with Crippen molar-refractivity contribution < 1.29 is 4.42 Å². The van der Waals surface area contributed by atoms with E-state index in [1.54, 1.807) is 38.6 Å². The van der Waals surface area contributed by atoms with Gasteiger partial charge in [-0.3, -0.25) is 4.79 Å². The van der Waals surface area contributed by atoms with Crippen molar-refractivity contribution in [2.24, 2.45) is 0 Å². The van der Waals surface area contributed by atoms with E-state index in [1.165, 1.54) is 6.26 Å². The third-order valence-electron chi connectivity index (χ3n) is 5.24. The van der Waals surface area contributed by atoms with Gasteiger partial charge in [0.15, 0.2) is 5.69 Å². The molecule has 0 atom stereocenters. The highest BCUT2D eigenvalue weighted by Gasteiger charge is 2.19. The number of para-hydroxylation sites is 1. The molecular formula is C24H16N6O2. The van der Waals surface area contributed by atoms with Crippen LogP contribution in [-0.4, -0.2) is 29.3 Å². The normalized spacial score (nSPS) is 11.2. The van der Waals surface area contributed by atoms with E-state index in [1.807, 2.05) is 66.9 Å². The van der Waals surface area contributed by atoms with Gasteiger partial charge in [0.2, 0.25) is 5.58 Å². The van der Waals surface area contributed by atoms with E-state index in [-0.39, 0.29) is 16.7 Å². The fourth-order valence-electron chi connectivity index (χ4n) is 3.74. The van der Waals surface area contributed by atoms with E-state index >= 15 is 0 Å². The van der Waals surface area contributed by atoms with Crippen molar-refractivity contribution in [3.8, 4) is 28.5 Å². The largest absolute Gasteiger partial charge is 0.458 e. The molecule has 0 aliphatic rings. The second-order valence-electron chi connectivity index (χ2n) is 7.16. The van der Waals surface area contributed by atoms with Crippen LogP contribution in [-0.2, 0) is 0 Å². The Hall–Kier alpha value is -4.72. The molecule has 8 nitrogen and oxygen atoms in total. The lowest BCUT2D eigenvalue weighted by atomic mass is 10.2. The van der Waals surface area contributed by atoms with Gasteiger partial charge in [-0.2, -0.15) is 15.3 Å². The first-order chi connectivity index (χ1) is 15.8. The van der Waals surface area contributed by atoms with Crippen LogP contribution in [0, 0.1) is 0 Å². The van der Waals surface area contributed by atoms with Crippen molar-refractivity contribution in [1.29, 1.82) is 0 Å². The Balaban J connectivity index is 1.54. The Morgan fingerprint density at radius 2 is 1.50 bits per heavy atom. The minimum atomic E-state index is -0.285. The van der Waals surface area contributed by atoms with Crippen LogP contribution in [0.1, 0.15) is 0 Å². The van der Waals surface area contributed by atoms with Gasteiger partial charge in [-0.25, -0.2) is 14.0 Å². The van der Waals surface area contributed by atoms with E-state index in [9.17, 15) is 4.79 Å². The summed E-state index contributed by atoms with van der Waals surface area (Å²) < 4.78 is 10.7. The molecule has 154 valence electrons. The quantitative estimate of drug-likeness (QED) is 0.430. The van der Waals surface area contributed by atoms with Crippen molar-refractivity contribution in [3.05, 3.63) is 108 Å². The number of fused-ring (bicyclic) bond motifs is 1. The maximum absolute atomic E-state index is 13.2. The predicted octanol–water partition coefficient (Wildman–Crippen LogP) is 4.02. The molecule has 8 heteroatoms. The zero-order chi connectivity index (χ0) is 21.5. The van der Waals surface area contributed by atoms with E-state index in [0.29, 0.717) is 11.2 Å². The first kappa shape index (κ1) is 18.1. The first-order valence-electron chi connectivity index (χ1n) is 10.0. The van der Waals surface area contributed by atoms with Gasteiger partial charge >= 0.3 is 0 Å². The number of hydrogen-bond acceptors (Lipinski definition) is 5. The van der Waals surface area contributed by atoms with Crippen LogP contribution in [0.25, 0.3) is 39.5 Å². The monoisotopic (exact) mass is 420 g/mol. The van der Waals surface area contributed by atoms with Crippen LogP contribution in [0.2, 0.25) is 0 Å².